The lowest BCUT2D eigenvalue weighted by Crippen LogP contribution is -2.18. The van der Waals surface area contributed by atoms with Crippen LogP contribution in [0.1, 0.15) is 64.7 Å². The summed E-state index contributed by atoms with van der Waals surface area (Å²) in [5.41, 5.74) is 0. The van der Waals surface area contributed by atoms with Crippen molar-refractivity contribution in [2.45, 2.75) is 64.7 Å². The van der Waals surface area contributed by atoms with Crippen LogP contribution in [0.15, 0.2) is 0 Å². The summed E-state index contributed by atoms with van der Waals surface area (Å²) in [5.74, 6) is 7.97. The summed E-state index contributed by atoms with van der Waals surface area (Å²) in [6.07, 6.45) is 14.3. The molecule has 4 rings (SSSR count). The van der Waals surface area contributed by atoms with Crippen LogP contribution in [0, 0.1) is 41.4 Å². The van der Waals surface area contributed by atoms with E-state index in [0.29, 0.717) is 0 Å². The molecule has 4 saturated carbocycles. The zero-order chi connectivity index (χ0) is 11.4. The van der Waals surface area contributed by atoms with Crippen molar-refractivity contribution < 1.29 is 0 Å². The SMILES string of the molecule is CC1CC(CC2CC3CCC2C3)C2CCCC12. The van der Waals surface area contributed by atoms with Gasteiger partial charge in [-0.05, 0) is 86.4 Å². The summed E-state index contributed by atoms with van der Waals surface area (Å²) in [7, 11) is 0. The fourth-order valence-corrected chi connectivity index (χ4v) is 6.46. The average Bonchev–Trinajstić information content (AvgIpc) is 3.04. The van der Waals surface area contributed by atoms with E-state index in [-0.39, 0.29) is 0 Å². The Bertz CT molecular complexity index is 294. The highest BCUT2D eigenvalue weighted by Crippen LogP contribution is 2.56. The minimum atomic E-state index is 1.06. The van der Waals surface area contributed by atoms with E-state index in [0.717, 1.165) is 41.4 Å². The lowest BCUT2D eigenvalue weighted by atomic mass is 9.78. The first kappa shape index (κ1) is 10.9. The Morgan fingerprint density at radius 1 is 0.824 bits per heavy atom. The van der Waals surface area contributed by atoms with Gasteiger partial charge in [-0.15, -0.1) is 0 Å². The highest BCUT2D eigenvalue weighted by atomic mass is 14.5. The van der Waals surface area contributed by atoms with E-state index in [1.807, 2.05) is 0 Å². The van der Waals surface area contributed by atoms with Crippen LogP contribution in [0.5, 0.6) is 0 Å². The van der Waals surface area contributed by atoms with Crippen molar-refractivity contribution in [1.82, 2.24) is 0 Å². The Hall–Kier alpha value is 0. The third-order valence-electron chi connectivity index (χ3n) is 7.13. The molecule has 7 atom stereocenters. The van der Waals surface area contributed by atoms with Gasteiger partial charge in [0.1, 0.15) is 0 Å². The molecule has 0 heteroatoms. The van der Waals surface area contributed by atoms with Gasteiger partial charge in [-0.1, -0.05) is 19.8 Å². The van der Waals surface area contributed by atoms with Crippen LogP contribution in [0.25, 0.3) is 0 Å². The smallest absolute Gasteiger partial charge is 0.0355 e. The molecule has 0 aromatic heterocycles. The molecule has 0 aromatic carbocycles. The number of hydrogen-bond donors (Lipinski definition) is 0. The van der Waals surface area contributed by atoms with Gasteiger partial charge in [-0.25, -0.2) is 0 Å². The molecule has 0 aromatic rings. The highest BCUT2D eigenvalue weighted by Gasteiger charge is 2.46. The van der Waals surface area contributed by atoms with Gasteiger partial charge >= 0.3 is 0 Å². The quantitative estimate of drug-likeness (QED) is 0.636. The van der Waals surface area contributed by atoms with Crippen LogP contribution in [-0.4, -0.2) is 0 Å². The van der Waals surface area contributed by atoms with E-state index in [4.69, 9.17) is 0 Å². The van der Waals surface area contributed by atoms with Crippen molar-refractivity contribution in [2.24, 2.45) is 41.4 Å². The summed E-state index contributed by atoms with van der Waals surface area (Å²) in [4.78, 5) is 0. The Morgan fingerprint density at radius 2 is 1.71 bits per heavy atom. The molecule has 7 unspecified atom stereocenters. The van der Waals surface area contributed by atoms with Gasteiger partial charge in [-0.3, -0.25) is 0 Å². The number of hydrogen-bond acceptors (Lipinski definition) is 0. The molecule has 4 aliphatic rings. The second-order valence-corrected chi connectivity index (χ2v) is 7.90. The van der Waals surface area contributed by atoms with E-state index in [9.17, 15) is 0 Å². The standard InChI is InChI=1S/C17H28/c1-11-7-15(17-4-2-3-16(11)17)10-14-9-12-5-6-13(14)8-12/h11-17H,2-10H2,1H3. The van der Waals surface area contributed by atoms with Gasteiger partial charge < -0.3 is 0 Å². The zero-order valence-electron chi connectivity index (χ0n) is 11.4. The molecule has 0 amide bonds. The Kier molecular flexibility index (Phi) is 2.56. The van der Waals surface area contributed by atoms with Crippen molar-refractivity contribution in [2.75, 3.05) is 0 Å². The Morgan fingerprint density at radius 3 is 2.47 bits per heavy atom. The first-order valence-electron chi connectivity index (χ1n) is 8.31. The fraction of sp³-hybridized carbons (Fsp3) is 1.00. The molecule has 0 nitrogen and oxygen atoms in total. The monoisotopic (exact) mass is 232 g/mol. The molecular formula is C17H28. The topological polar surface area (TPSA) is 0 Å². The minimum Gasteiger partial charge on any atom is -0.0622 e. The Labute approximate surface area is 107 Å². The summed E-state index contributed by atoms with van der Waals surface area (Å²) in [6, 6.07) is 0. The third kappa shape index (κ3) is 1.70. The van der Waals surface area contributed by atoms with E-state index < -0.39 is 0 Å². The summed E-state index contributed by atoms with van der Waals surface area (Å²) < 4.78 is 0. The van der Waals surface area contributed by atoms with Gasteiger partial charge in [0.25, 0.3) is 0 Å². The van der Waals surface area contributed by atoms with E-state index in [2.05, 4.69) is 6.92 Å². The van der Waals surface area contributed by atoms with Crippen molar-refractivity contribution >= 4 is 0 Å². The second kappa shape index (κ2) is 4.00. The first-order chi connectivity index (χ1) is 8.31. The molecule has 96 valence electrons. The summed E-state index contributed by atoms with van der Waals surface area (Å²) in [5, 5.41) is 0. The van der Waals surface area contributed by atoms with E-state index in [1.165, 1.54) is 0 Å². The molecule has 0 saturated heterocycles. The van der Waals surface area contributed by atoms with Crippen molar-refractivity contribution in [3.63, 3.8) is 0 Å². The van der Waals surface area contributed by atoms with Gasteiger partial charge in [0.05, 0.1) is 0 Å². The first-order valence-corrected chi connectivity index (χ1v) is 8.31. The minimum absolute atomic E-state index is 1.06. The summed E-state index contributed by atoms with van der Waals surface area (Å²) in [6.45, 7) is 2.55. The number of fused-ring (bicyclic) bond motifs is 3. The molecule has 4 aliphatic carbocycles. The predicted molar refractivity (Wildman–Crippen MR) is 71.7 cm³/mol. The molecule has 0 N–H and O–H groups in total. The van der Waals surface area contributed by atoms with Crippen molar-refractivity contribution in [3.8, 4) is 0 Å². The van der Waals surface area contributed by atoms with Crippen LogP contribution in [0.2, 0.25) is 0 Å². The molecule has 0 heterocycles. The van der Waals surface area contributed by atoms with Crippen LogP contribution in [0.3, 0.4) is 0 Å². The lowest BCUT2D eigenvalue weighted by molar-refractivity contribution is 0.228. The average molecular weight is 232 g/mol. The van der Waals surface area contributed by atoms with Crippen LogP contribution >= 0.6 is 0 Å². The second-order valence-electron chi connectivity index (χ2n) is 7.90. The molecule has 4 fully saturated rings. The summed E-state index contributed by atoms with van der Waals surface area (Å²) >= 11 is 0. The lowest BCUT2D eigenvalue weighted by Gasteiger charge is -2.27. The van der Waals surface area contributed by atoms with Gasteiger partial charge in [0.15, 0.2) is 0 Å². The van der Waals surface area contributed by atoms with Gasteiger partial charge in [-0.2, -0.15) is 0 Å². The van der Waals surface area contributed by atoms with Crippen LogP contribution in [-0.2, 0) is 0 Å². The maximum atomic E-state index is 2.55. The molecule has 0 spiro atoms. The van der Waals surface area contributed by atoms with Gasteiger partial charge in [0.2, 0.25) is 0 Å². The molecule has 17 heavy (non-hydrogen) atoms. The maximum absolute atomic E-state index is 2.55. The zero-order valence-corrected chi connectivity index (χ0v) is 11.4. The predicted octanol–water partition coefficient (Wildman–Crippen LogP) is 4.89. The third-order valence-corrected chi connectivity index (χ3v) is 7.13. The van der Waals surface area contributed by atoms with Crippen LogP contribution in [0.4, 0.5) is 0 Å². The van der Waals surface area contributed by atoms with Gasteiger partial charge in [0, 0.05) is 0 Å². The number of rotatable bonds is 2. The molecule has 2 bridgehead atoms. The van der Waals surface area contributed by atoms with E-state index in [1.54, 1.807) is 57.8 Å². The van der Waals surface area contributed by atoms with Crippen molar-refractivity contribution in [1.29, 1.82) is 0 Å². The fourth-order valence-electron chi connectivity index (χ4n) is 6.46. The highest BCUT2D eigenvalue weighted by molar-refractivity contribution is 4.97. The van der Waals surface area contributed by atoms with Crippen molar-refractivity contribution in [3.05, 3.63) is 0 Å². The Balaban J connectivity index is 1.43. The van der Waals surface area contributed by atoms with E-state index >= 15 is 0 Å². The molecular weight excluding hydrogens is 204 g/mol. The van der Waals surface area contributed by atoms with Crippen LogP contribution < -0.4 is 0 Å². The molecule has 0 aliphatic heterocycles. The normalized spacial score (nSPS) is 56.6. The maximum Gasteiger partial charge on any atom is -0.0355 e. The molecule has 0 radical (unpaired) electrons. The largest absolute Gasteiger partial charge is 0.0622 e.